The average molecular weight is 614 g/mol. The van der Waals surface area contributed by atoms with E-state index >= 15 is 0 Å². The van der Waals surface area contributed by atoms with Crippen molar-refractivity contribution in [2.45, 2.75) is 59.4 Å². The molecule has 1 amide bonds. The molecule has 3 aromatic rings. The van der Waals surface area contributed by atoms with Gasteiger partial charge >= 0.3 is 5.97 Å². The highest BCUT2D eigenvalue weighted by Crippen LogP contribution is 2.58. The third-order valence-corrected chi connectivity index (χ3v) is 10.8. The van der Waals surface area contributed by atoms with Crippen LogP contribution in [-0.2, 0) is 14.9 Å². The summed E-state index contributed by atoms with van der Waals surface area (Å²) in [5, 5.41) is 0. The van der Waals surface area contributed by atoms with Gasteiger partial charge in [-0.3, -0.25) is 9.69 Å². The SMILES string of the molecule is CCOC(=O)C1=C(c2ccccc2)S/C(=C2/C(=S)C(C)(C)N(C(=O)c3ccc(C(C)(C)C)cc3)c3ccc(C)cc32)S1. The van der Waals surface area contributed by atoms with Crippen molar-refractivity contribution >= 4 is 68.6 Å². The maximum atomic E-state index is 14.2. The fourth-order valence-electron chi connectivity index (χ4n) is 5.20. The summed E-state index contributed by atoms with van der Waals surface area (Å²) in [7, 11) is 0. The van der Waals surface area contributed by atoms with Crippen LogP contribution >= 0.6 is 35.7 Å². The van der Waals surface area contributed by atoms with Gasteiger partial charge in [0.1, 0.15) is 4.91 Å². The number of amides is 1. The minimum absolute atomic E-state index is 0.00952. The Balaban J connectivity index is 1.64. The topological polar surface area (TPSA) is 46.6 Å². The van der Waals surface area contributed by atoms with Crippen molar-refractivity contribution in [1.82, 2.24) is 0 Å². The average Bonchev–Trinajstić information content (AvgIpc) is 3.39. The summed E-state index contributed by atoms with van der Waals surface area (Å²) in [6, 6.07) is 23.9. The molecule has 0 saturated carbocycles. The molecule has 216 valence electrons. The number of nitrogens with zero attached hydrogens (tertiary/aromatic N) is 1. The van der Waals surface area contributed by atoms with E-state index in [9.17, 15) is 9.59 Å². The van der Waals surface area contributed by atoms with Crippen LogP contribution < -0.4 is 4.90 Å². The van der Waals surface area contributed by atoms with E-state index < -0.39 is 5.54 Å². The first-order chi connectivity index (χ1) is 19.8. The Kier molecular flexibility index (Phi) is 8.31. The lowest BCUT2D eigenvalue weighted by Crippen LogP contribution is -2.56. The number of thiocarbonyl (C=S) groups is 1. The van der Waals surface area contributed by atoms with Gasteiger partial charge in [0.15, 0.2) is 0 Å². The van der Waals surface area contributed by atoms with Gasteiger partial charge in [0.25, 0.3) is 5.91 Å². The van der Waals surface area contributed by atoms with Gasteiger partial charge in [-0.05, 0) is 68.5 Å². The predicted molar refractivity (Wildman–Crippen MR) is 182 cm³/mol. The van der Waals surface area contributed by atoms with Crippen LogP contribution in [-0.4, -0.2) is 28.9 Å². The molecule has 2 heterocycles. The summed E-state index contributed by atoms with van der Waals surface area (Å²) >= 11 is 9.19. The lowest BCUT2D eigenvalue weighted by atomic mass is 9.82. The molecule has 42 heavy (non-hydrogen) atoms. The standard InChI is InChI=1S/C35H35NO3S3/c1-8-39-32(38)29-28(22-12-10-9-11-13-22)41-33(42-29)27-25-20-21(2)14-19-26(25)36(35(6,7)30(27)40)31(37)23-15-17-24(18-16-23)34(3,4)5/h9-20H,8H2,1-7H3/b33-27-. The van der Waals surface area contributed by atoms with Crippen LogP contribution in [0.25, 0.3) is 10.5 Å². The Hall–Kier alpha value is -3.13. The van der Waals surface area contributed by atoms with Crippen LogP contribution in [0.3, 0.4) is 0 Å². The van der Waals surface area contributed by atoms with E-state index in [0.29, 0.717) is 21.9 Å². The number of anilines is 1. The summed E-state index contributed by atoms with van der Waals surface area (Å²) in [6.45, 7) is 14.6. The Labute approximate surface area is 262 Å². The van der Waals surface area contributed by atoms with Crippen molar-refractivity contribution in [2.24, 2.45) is 0 Å². The van der Waals surface area contributed by atoms with Crippen LogP contribution in [0.4, 0.5) is 5.69 Å². The summed E-state index contributed by atoms with van der Waals surface area (Å²) in [5.74, 6) is -0.440. The third kappa shape index (κ3) is 5.50. The molecule has 3 aromatic carbocycles. The number of carbonyl (C=O) groups excluding carboxylic acids is 2. The number of hydrogen-bond acceptors (Lipinski definition) is 6. The van der Waals surface area contributed by atoms with E-state index in [-0.39, 0.29) is 17.3 Å². The van der Waals surface area contributed by atoms with Crippen LogP contribution in [0, 0.1) is 6.92 Å². The molecule has 0 N–H and O–H groups in total. The fraction of sp³-hybridized carbons (Fsp3) is 0.286. The third-order valence-electron chi connectivity index (χ3n) is 7.50. The largest absolute Gasteiger partial charge is 0.462 e. The number of fused-ring (bicyclic) bond motifs is 1. The second-order valence-corrected chi connectivity index (χ2v) is 14.7. The molecular formula is C35H35NO3S3. The van der Waals surface area contributed by atoms with Gasteiger partial charge in [-0.25, -0.2) is 4.79 Å². The van der Waals surface area contributed by atoms with E-state index in [1.165, 1.54) is 17.3 Å². The van der Waals surface area contributed by atoms with Gasteiger partial charge in [-0.15, -0.1) is 0 Å². The van der Waals surface area contributed by atoms with E-state index in [4.69, 9.17) is 17.0 Å². The van der Waals surface area contributed by atoms with Crippen LogP contribution in [0.15, 0.2) is 81.9 Å². The number of rotatable bonds is 4. The predicted octanol–water partition coefficient (Wildman–Crippen LogP) is 9.18. The van der Waals surface area contributed by atoms with Gasteiger partial charge in [-0.1, -0.05) is 111 Å². The molecule has 7 heteroatoms. The number of esters is 1. The quantitative estimate of drug-likeness (QED) is 0.166. The fourth-order valence-corrected chi connectivity index (χ4v) is 8.33. The molecule has 0 unspecified atom stereocenters. The molecular weight excluding hydrogens is 579 g/mol. The molecule has 2 aliphatic rings. The lowest BCUT2D eigenvalue weighted by Gasteiger charge is -2.45. The molecule has 0 aromatic heterocycles. The molecule has 2 aliphatic heterocycles. The molecule has 0 atom stereocenters. The molecule has 0 saturated heterocycles. The number of ether oxygens (including phenoxy) is 1. The summed E-state index contributed by atoms with van der Waals surface area (Å²) in [6.07, 6.45) is 0. The maximum Gasteiger partial charge on any atom is 0.346 e. The van der Waals surface area contributed by atoms with Crippen LogP contribution in [0.1, 0.15) is 74.2 Å². The van der Waals surface area contributed by atoms with E-state index in [1.54, 1.807) is 11.8 Å². The second-order valence-electron chi connectivity index (χ2n) is 12.0. The zero-order valence-electron chi connectivity index (χ0n) is 25.0. The van der Waals surface area contributed by atoms with Gasteiger partial charge in [0, 0.05) is 21.6 Å². The number of aryl methyl sites for hydroxylation is 1. The molecule has 4 nitrogen and oxygen atoms in total. The van der Waals surface area contributed by atoms with Crippen molar-refractivity contribution in [2.75, 3.05) is 11.5 Å². The molecule has 0 aliphatic carbocycles. The highest BCUT2D eigenvalue weighted by atomic mass is 32.2. The molecule has 5 rings (SSSR count). The van der Waals surface area contributed by atoms with Gasteiger partial charge < -0.3 is 4.74 Å². The number of hydrogen-bond donors (Lipinski definition) is 0. The Bertz CT molecular complexity index is 1640. The Morgan fingerprint density at radius 2 is 1.62 bits per heavy atom. The first-order valence-corrected chi connectivity index (χ1v) is 16.1. The highest BCUT2D eigenvalue weighted by Gasteiger charge is 2.46. The number of thioether (sulfide) groups is 2. The van der Waals surface area contributed by atoms with Crippen molar-refractivity contribution < 1.29 is 14.3 Å². The summed E-state index contributed by atoms with van der Waals surface area (Å²) in [5.41, 5.74) is 5.58. The normalized spacial score (nSPS) is 18.3. The zero-order chi connectivity index (χ0) is 30.4. The van der Waals surface area contributed by atoms with Gasteiger partial charge in [-0.2, -0.15) is 0 Å². The van der Waals surface area contributed by atoms with E-state index in [2.05, 4.69) is 26.8 Å². The maximum absolute atomic E-state index is 14.2. The van der Waals surface area contributed by atoms with Crippen LogP contribution in [0.2, 0.25) is 0 Å². The molecule has 0 spiro atoms. The van der Waals surface area contributed by atoms with Gasteiger partial charge in [0.2, 0.25) is 0 Å². The Morgan fingerprint density at radius 3 is 2.24 bits per heavy atom. The summed E-state index contributed by atoms with van der Waals surface area (Å²) < 4.78 is 6.38. The van der Waals surface area contributed by atoms with Crippen molar-refractivity contribution in [3.8, 4) is 0 Å². The monoisotopic (exact) mass is 613 g/mol. The minimum atomic E-state index is -0.805. The first-order valence-electron chi connectivity index (χ1n) is 14.0. The van der Waals surface area contributed by atoms with Crippen LogP contribution in [0.5, 0.6) is 0 Å². The first kappa shape index (κ1) is 30.3. The van der Waals surface area contributed by atoms with Crippen molar-refractivity contribution in [3.05, 3.63) is 110 Å². The summed E-state index contributed by atoms with van der Waals surface area (Å²) in [4.78, 5) is 31.3. The molecule has 0 bridgehead atoms. The van der Waals surface area contributed by atoms with E-state index in [1.807, 2.05) is 99.3 Å². The van der Waals surface area contributed by atoms with E-state index in [0.717, 1.165) is 37.1 Å². The number of carbonyl (C=O) groups is 2. The van der Waals surface area contributed by atoms with Gasteiger partial charge in [0.05, 0.1) is 26.9 Å². The Morgan fingerprint density at radius 1 is 0.952 bits per heavy atom. The van der Waals surface area contributed by atoms with Crippen molar-refractivity contribution in [3.63, 3.8) is 0 Å². The van der Waals surface area contributed by atoms with Crippen molar-refractivity contribution in [1.29, 1.82) is 0 Å². The minimum Gasteiger partial charge on any atom is -0.462 e. The smallest absolute Gasteiger partial charge is 0.346 e. The molecule has 0 fully saturated rings. The highest BCUT2D eigenvalue weighted by molar-refractivity contribution is 8.32. The second kappa shape index (κ2) is 11.5. The number of benzene rings is 3. The zero-order valence-corrected chi connectivity index (χ0v) is 27.5. The lowest BCUT2D eigenvalue weighted by molar-refractivity contribution is -0.137. The molecule has 0 radical (unpaired) electrons.